The quantitative estimate of drug-likeness (QED) is 0.800. The van der Waals surface area contributed by atoms with Crippen LogP contribution in [0.15, 0.2) is 12.1 Å². The van der Waals surface area contributed by atoms with Crippen molar-refractivity contribution in [3.8, 4) is 0 Å². The molecule has 0 unspecified atom stereocenters. The Morgan fingerprint density at radius 2 is 2.06 bits per heavy atom. The topological polar surface area (TPSA) is 41.3 Å². The fourth-order valence-corrected chi connectivity index (χ4v) is 2.22. The Balaban J connectivity index is 2.06. The molecule has 0 atom stereocenters. The van der Waals surface area contributed by atoms with Gasteiger partial charge in [0, 0.05) is 12.1 Å². The lowest BCUT2D eigenvalue weighted by atomic mass is 10.0. The predicted molar refractivity (Wildman–Crippen MR) is 70.0 cm³/mol. The monoisotopic (exact) mass is 257 g/mol. The van der Waals surface area contributed by atoms with Crippen LogP contribution in [0.3, 0.4) is 0 Å². The summed E-state index contributed by atoms with van der Waals surface area (Å²) < 4.78 is 13.1. The van der Waals surface area contributed by atoms with Crippen molar-refractivity contribution in [2.24, 2.45) is 0 Å². The van der Waals surface area contributed by atoms with Gasteiger partial charge in [-0.15, -0.1) is 0 Å². The summed E-state index contributed by atoms with van der Waals surface area (Å²) in [5.41, 5.74) is 6.90. The van der Waals surface area contributed by atoms with Crippen LogP contribution < -0.4 is 11.1 Å². The molecule has 3 nitrogen and oxygen atoms in total. The van der Waals surface area contributed by atoms with Crippen molar-refractivity contribution in [1.82, 2.24) is 4.90 Å². The van der Waals surface area contributed by atoms with Gasteiger partial charge in [0.1, 0.15) is 5.82 Å². The SMILES string of the molecule is CN1CCC(Nc2cc(Cl)c(F)cc2N)CC1. The van der Waals surface area contributed by atoms with E-state index in [1.54, 1.807) is 6.07 Å². The maximum absolute atomic E-state index is 13.1. The second-order valence-electron chi connectivity index (χ2n) is 4.58. The zero-order valence-electron chi connectivity index (χ0n) is 9.84. The fourth-order valence-electron chi connectivity index (χ4n) is 2.06. The van der Waals surface area contributed by atoms with E-state index in [1.807, 2.05) is 0 Å². The zero-order valence-corrected chi connectivity index (χ0v) is 10.6. The van der Waals surface area contributed by atoms with Crippen molar-refractivity contribution in [2.45, 2.75) is 18.9 Å². The zero-order chi connectivity index (χ0) is 12.4. The fraction of sp³-hybridized carbons (Fsp3) is 0.500. The van der Waals surface area contributed by atoms with E-state index in [2.05, 4.69) is 17.3 Å². The maximum Gasteiger partial charge on any atom is 0.143 e. The number of benzene rings is 1. The Kier molecular flexibility index (Phi) is 3.74. The van der Waals surface area contributed by atoms with E-state index in [1.165, 1.54) is 6.07 Å². The average Bonchev–Trinajstić information content (AvgIpc) is 2.29. The molecule has 94 valence electrons. The minimum atomic E-state index is -0.474. The molecule has 0 saturated carbocycles. The molecule has 1 aliphatic rings. The number of nitrogens with one attached hydrogen (secondary N) is 1. The lowest BCUT2D eigenvalue weighted by Gasteiger charge is -2.30. The first-order valence-corrected chi connectivity index (χ1v) is 6.13. The van der Waals surface area contributed by atoms with Crippen molar-refractivity contribution in [3.05, 3.63) is 23.0 Å². The Morgan fingerprint density at radius 1 is 1.41 bits per heavy atom. The number of likely N-dealkylation sites (tertiary alicyclic amines) is 1. The van der Waals surface area contributed by atoms with E-state index in [0.717, 1.165) is 31.6 Å². The van der Waals surface area contributed by atoms with Crippen molar-refractivity contribution >= 4 is 23.0 Å². The van der Waals surface area contributed by atoms with Crippen molar-refractivity contribution in [3.63, 3.8) is 0 Å². The van der Waals surface area contributed by atoms with Gasteiger partial charge < -0.3 is 16.0 Å². The third kappa shape index (κ3) is 3.01. The minimum absolute atomic E-state index is 0.106. The molecule has 1 fully saturated rings. The van der Waals surface area contributed by atoms with Crippen LogP contribution in [-0.4, -0.2) is 31.1 Å². The average molecular weight is 258 g/mol. The molecular formula is C12H17ClFN3. The Morgan fingerprint density at radius 3 is 2.71 bits per heavy atom. The van der Waals surface area contributed by atoms with Crippen LogP contribution in [0, 0.1) is 5.82 Å². The molecule has 1 aliphatic heterocycles. The Bertz CT molecular complexity index is 403. The highest BCUT2D eigenvalue weighted by Gasteiger charge is 2.17. The lowest BCUT2D eigenvalue weighted by molar-refractivity contribution is 0.264. The van der Waals surface area contributed by atoms with Gasteiger partial charge in [0.05, 0.1) is 16.4 Å². The molecule has 1 heterocycles. The molecule has 3 N–H and O–H groups in total. The predicted octanol–water partition coefficient (Wildman–Crippen LogP) is 2.57. The van der Waals surface area contributed by atoms with Crippen LogP contribution in [0.2, 0.25) is 5.02 Å². The summed E-state index contributed by atoms with van der Waals surface area (Å²) in [4.78, 5) is 2.29. The van der Waals surface area contributed by atoms with E-state index >= 15 is 0 Å². The van der Waals surface area contributed by atoms with Crippen molar-refractivity contribution in [2.75, 3.05) is 31.2 Å². The number of hydrogen-bond acceptors (Lipinski definition) is 3. The number of halogens is 2. The lowest BCUT2D eigenvalue weighted by Crippen LogP contribution is -2.36. The third-order valence-corrected chi connectivity index (χ3v) is 3.46. The summed E-state index contributed by atoms with van der Waals surface area (Å²) in [6.45, 7) is 2.12. The normalized spacial score (nSPS) is 18.3. The van der Waals surface area contributed by atoms with Gasteiger partial charge in [0.25, 0.3) is 0 Å². The second kappa shape index (κ2) is 5.10. The van der Waals surface area contributed by atoms with Crippen LogP contribution in [0.5, 0.6) is 0 Å². The summed E-state index contributed by atoms with van der Waals surface area (Å²) in [7, 11) is 2.11. The third-order valence-electron chi connectivity index (χ3n) is 3.17. The molecule has 0 spiro atoms. The van der Waals surface area contributed by atoms with Crippen LogP contribution in [0.25, 0.3) is 0 Å². The standard InChI is InChI=1S/C12H17ClFN3/c1-17-4-2-8(3-5-17)16-12-6-9(13)10(14)7-11(12)15/h6-8,16H,2-5,15H2,1H3. The van der Waals surface area contributed by atoms with Gasteiger partial charge in [-0.3, -0.25) is 0 Å². The highest BCUT2D eigenvalue weighted by Crippen LogP contribution is 2.28. The summed E-state index contributed by atoms with van der Waals surface area (Å²) in [5.74, 6) is -0.474. The van der Waals surface area contributed by atoms with E-state index in [9.17, 15) is 4.39 Å². The van der Waals surface area contributed by atoms with E-state index in [4.69, 9.17) is 17.3 Å². The summed E-state index contributed by atoms with van der Waals surface area (Å²) in [6.07, 6.45) is 2.12. The number of anilines is 2. The van der Waals surface area contributed by atoms with Gasteiger partial charge in [-0.1, -0.05) is 11.6 Å². The first kappa shape index (κ1) is 12.5. The smallest absolute Gasteiger partial charge is 0.143 e. The van der Waals surface area contributed by atoms with Crippen LogP contribution >= 0.6 is 11.6 Å². The van der Waals surface area contributed by atoms with Gasteiger partial charge in [-0.2, -0.15) is 0 Å². The van der Waals surface area contributed by atoms with E-state index < -0.39 is 5.82 Å². The first-order valence-electron chi connectivity index (χ1n) is 5.76. The number of hydrogen-bond donors (Lipinski definition) is 2. The molecule has 5 heteroatoms. The summed E-state index contributed by atoms with van der Waals surface area (Å²) >= 11 is 5.75. The van der Waals surface area contributed by atoms with Crippen LogP contribution in [0.4, 0.5) is 15.8 Å². The largest absolute Gasteiger partial charge is 0.397 e. The van der Waals surface area contributed by atoms with E-state index in [0.29, 0.717) is 11.7 Å². The molecule has 2 rings (SSSR count). The van der Waals surface area contributed by atoms with Crippen molar-refractivity contribution in [1.29, 1.82) is 0 Å². The molecule has 1 saturated heterocycles. The van der Waals surface area contributed by atoms with Gasteiger partial charge >= 0.3 is 0 Å². The van der Waals surface area contributed by atoms with Gasteiger partial charge in [0.2, 0.25) is 0 Å². The summed E-state index contributed by atoms with van der Waals surface area (Å²) in [6, 6.07) is 3.21. The molecule has 1 aromatic rings. The molecule has 0 bridgehead atoms. The second-order valence-corrected chi connectivity index (χ2v) is 4.98. The molecule has 0 aliphatic carbocycles. The van der Waals surface area contributed by atoms with Gasteiger partial charge in [-0.25, -0.2) is 4.39 Å². The van der Waals surface area contributed by atoms with Crippen LogP contribution in [-0.2, 0) is 0 Å². The number of rotatable bonds is 2. The number of piperidine rings is 1. The first-order chi connectivity index (χ1) is 8.06. The highest BCUT2D eigenvalue weighted by molar-refractivity contribution is 6.31. The van der Waals surface area contributed by atoms with Gasteiger partial charge in [-0.05, 0) is 39.0 Å². The Hall–Kier alpha value is -1.00. The van der Waals surface area contributed by atoms with Crippen molar-refractivity contribution < 1.29 is 4.39 Å². The minimum Gasteiger partial charge on any atom is -0.397 e. The number of nitrogens with two attached hydrogens (primary N) is 1. The summed E-state index contributed by atoms with van der Waals surface area (Å²) in [5, 5.41) is 3.44. The molecular weight excluding hydrogens is 241 g/mol. The Labute approximate surface area is 106 Å². The molecule has 0 amide bonds. The maximum atomic E-state index is 13.1. The van der Waals surface area contributed by atoms with Crippen LogP contribution in [0.1, 0.15) is 12.8 Å². The number of nitrogen functional groups attached to an aromatic ring is 1. The molecule has 17 heavy (non-hydrogen) atoms. The molecule has 1 aromatic carbocycles. The highest BCUT2D eigenvalue weighted by atomic mass is 35.5. The van der Waals surface area contributed by atoms with E-state index in [-0.39, 0.29) is 5.02 Å². The number of nitrogens with zero attached hydrogens (tertiary/aromatic N) is 1. The van der Waals surface area contributed by atoms with Gasteiger partial charge in [0.15, 0.2) is 0 Å². The molecule has 0 radical (unpaired) electrons. The molecule has 0 aromatic heterocycles.